The summed E-state index contributed by atoms with van der Waals surface area (Å²) in [4.78, 5) is 0. The first-order valence-corrected chi connectivity index (χ1v) is 7.29. The van der Waals surface area contributed by atoms with E-state index in [2.05, 4.69) is 12.2 Å². The lowest BCUT2D eigenvalue weighted by atomic mass is 9.99. The van der Waals surface area contributed by atoms with Gasteiger partial charge in [-0.1, -0.05) is 50.6 Å². The molecule has 1 rings (SSSR count). The van der Waals surface area contributed by atoms with Gasteiger partial charge in [-0.15, -0.1) is 0 Å². The van der Waals surface area contributed by atoms with Gasteiger partial charge in [0.2, 0.25) is 0 Å². The van der Waals surface area contributed by atoms with Crippen LogP contribution in [0.3, 0.4) is 0 Å². The monoisotopic (exact) mass is 289 g/mol. The molecule has 0 saturated carbocycles. The van der Waals surface area contributed by atoms with Crippen molar-refractivity contribution >= 4 is 11.6 Å². The highest BCUT2D eigenvalue weighted by Gasteiger charge is 2.16. The standard InChI is InChI=1S/C15H22ClF2N/c1-3-4-5-6-7-8-15(19-2)11-9-14(18)12(16)10-13(11)17/h9-10,15,19H,3-8H2,1-2H3. The molecule has 0 aliphatic carbocycles. The summed E-state index contributed by atoms with van der Waals surface area (Å²) in [6.07, 6.45) is 6.57. The SMILES string of the molecule is CCCCCCCC(NC)c1cc(F)c(Cl)cc1F. The Hall–Kier alpha value is -0.670. The van der Waals surface area contributed by atoms with E-state index >= 15 is 0 Å². The topological polar surface area (TPSA) is 12.0 Å². The fraction of sp³-hybridized carbons (Fsp3) is 0.600. The lowest BCUT2D eigenvalue weighted by Crippen LogP contribution is -2.18. The highest BCUT2D eigenvalue weighted by atomic mass is 35.5. The Bertz CT molecular complexity index is 396. The van der Waals surface area contributed by atoms with Gasteiger partial charge in [0.1, 0.15) is 11.6 Å². The summed E-state index contributed by atoms with van der Waals surface area (Å²) < 4.78 is 27.2. The van der Waals surface area contributed by atoms with E-state index in [0.717, 1.165) is 25.3 Å². The van der Waals surface area contributed by atoms with Gasteiger partial charge in [0.15, 0.2) is 0 Å². The molecule has 1 unspecified atom stereocenters. The molecule has 0 radical (unpaired) electrons. The molecule has 0 bridgehead atoms. The highest BCUT2D eigenvalue weighted by Crippen LogP contribution is 2.27. The third-order valence-corrected chi connectivity index (χ3v) is 3.65. The van der Waals surface area contributed by atoms with Gasteiger partial charge in [0, 0.05) is 11.6 Å². The maximum Gasteiger partial charge on any atom is 0.142 e. The predicted octanol–water partition coefficient (Wildman–Crippen LogP) is 5.24. The van der Waals surface area contributed by atoms with Crippen molar-refractivity contribution in [3.63, 3.8) is 0 Å². The van der Waals surface area contributed by atoms with Crippen molar-refractivity contribution in [2.75, 3.05) is 7.05 Å². The summed E-state index contributed by atoms with van der Waals surface area (Å²) in [5.74, 6) is -1.01. The fourth-order valence-electron chi connectivity index (χ4n) is 2.21. The van der Waals surface area contributed by atoms with Crippen LogP contribution in [0.4, 0.5) is 8.78 Å². The zero-order valence-corrected chi connectivity index (χ0v) is 12.4. The Morgan fingerprint density at radius 2 is 1.79 bits per heavy atom. The zero-order valence-electron chi connectivity index (χ0n) is 11.6. The molecule has 0 aromatic heterocycles. The van der Waals surface area contributed by atoms with Crippen LogP contribution in [0, 0.1) is 11.6 Å². The van der Waals surface area contributed by atoms with E-state index in [-0.39, 0.29) is 11.1 Å². The van der Waals surface area contributed by atoms with Crippen LogP contribution >= 0.6 is 11.6 Å². The number of rotatable bonds is 8. The molecule has 1 aromatic carbocycles. The average molecular weight is 290 g/mol. The van der Waals surface area contributed by atoms with Gasteiger partial charge in [0.25, 0.3) is 0 Å². The van der Waals surface area contributed by atoms with E-state index in [1.807, 2.05) is 0 Å². The lowest BCUT2D eigenvalue weighted by Gasteiger charge is -2.17. The molecule has 0 aliphatic rings. The van der Waals surface area contributed by atoms with E-state index in [4.69, 9.17) is 11.6 Å². The minimum atomic E-state index is -0.565. The first kappa shape index (κ1) is 16.4. The minimum absolute atomic E-state index is 0.159. The van der Waals surface area contributed by atoms with Gasteiger partial charge in [-0.2, -0.15) is 0 Å². The molecule has 0 spiro atoms. The van der Waals surface area contributed by atoms with Crippen molar-refractivity contribution in [3.05, 3.63) is 34.4 Å². The molecule has 108 valence electrons. The summed E-state index contributed by atoms with van der Waals surface area (Å²) in [6, 6.07) is 2.09. The second kappa shape index (κ2) is 8.49. The molecule has 1 atom stereocenters. The summed E-state index contributed by atoms with van der Waals surface area (Å²) >= 11 is 5.56. The Labute approximate surface area is 119 Å². The number of unbranched alkanes of at least 4 members (excludes halogenated alkanes) is 4. The maximum absolute atomic E-state index is 13.8. The molecule has 19 heavy (non-hydrogen) atoms. The van der Waals surface area contributed by atoms with Crippen LogP contribution in [0.5, 0.6) is 0 Å². The Morgan fingerprint density at radius 1 is 1.11 bits per heavy atom. The molecule has 0 fully saturated rings. The molecule has 0 heterocycles. The van der Waals surface area contributed by atoms with Crippen LogP contribution in [-0.4, -0.2) is 7.05 Å². The van der Waals surface area contributed by atoms with Gasteiger partial charge in [-0.3, -0.25) is 0 Å². The smallest absolute Gasteiger partial charge is 0.142 e. The van der Waals surface area contributed by atoms with Crippen LogP contribution in [0.25, 0.3) is 0 Å². The quantitative estimate of drug-likeness (QED) is 0.510. The number of hydrogen-bond donors (Lipinski definition) is 1. The van der Waals surface area contributed by atoms with Gasteiger partial charge in [-0.25, -0.2) is 8.78 Å². The van der Waals surface area contributed by atoms with Crippen LogP contribution < -0.4 is 5.32 Å². The van der Waals surface area contributed by atoms with Crippen LogP contribution in [0.2, 0.25) is 5.02 Å². The summed E-state index contributed by atoms with van der Waals surface area (Å²) in [7, 11) is 1.77. The number of hydrogen-bond acceptors (Lipinski definition) is 1. The van der Waals surface area contributed by atoms with Crippen LogP contribution in [0.15, 0.2) is 12.1 Å². The van der Waals surface area contributed by atoms with Gasteiger partial charge in [-0.05, 0) is 25.6 Å². The summed E-state index contributed by atoms with van der Waals surface area (Å²) in [5, 5.41) is 2.88. The van der Waals surface area contributed by atoms with E-state index in [9.17, 15) is 8.78 Å². The van der Waals surface area contributed by atoms with Crippen molar-refractivity contribution in [2.45, 2.75) is 51.5 Å². The first-order chi connectivity index (χ1) is 9.10. The number of halogens is 3. The van der Waals surface area contributed by atoms with Crippen LogP contribution in [0.1, 0.15) is 57.1 Å². The fourth-order valence-corrected chi connectivity index (χ4v) is 2.36. The van der Waals surface area contributed by atoms with Gasteiger partial charge >= 0.3 is 0 Å². The molecule has 0 saturated heterocycles. The van der Waals surface area contributed by atoms with Crippen LogP contribution in [-0.2, 0) is 0 Å². The Morgan fingerprint density at radius 3 is 2.42 bits per heavy atom. The largest absolute Gasteiger partial charge is 0.313 e. The van der Waals surface area contributed by atoms with Crippen molar-refractivity contribution in [1.29, 1.82) is 0 Å². The summed E-state index contributed by atoms with van der Waals surface area (Å²) in [6.45, 7) is 2.17. The summed E-state index contributed by atoms with van der Waals surface area (Å²) in [5.41, 5.74) is 0.361. The molecular weight excluding hydrogens is 268 g/mol. The van der Waals surface area contributed by atoms with Gasteiger partial charge in [0.05, 0.1) is 5.02 Å². The van der Waals surface area contributed by atoms with Gasteiger partial charge < -0.3 is 5.32 Å². The average Bonchev–Trinajstić information content (AvgIpc) is 2.39. The molecule has 1 aromatic rings. The molecule has 1 N–H and O–H groups in total. The Kier molecular flexibility index (Phi) is 7.32. The van der Waals surface area contributed by atoms with Crippen molar-refractivity contribution < 1.29 is 8.78 Å². The van der Waals surface area contributed by atoms with E-state index in [0.29, 0.717) is 5.56 Å². The first-order valence-electron chi connectivity index (χ1n) is 6.91. The number of benzene rings is 1. The number of nitrogens with one attached hydrogen (secondary N) is 1. The lowest BCUT2D eigenvalue weighted by molar-refractivity contribution is 0.473. The highest BCUT2D eigenvalue weighted by molar-refractivity contribution is 6.30. The third-order valence-electron chi connectivity index (χ3n) is 3.36. The normalized spacial score (nSPS) is 12.7. The van der Waals surface area contributed by atoms with Crippen molar-refractivity contribution in [3.8, 4) is 0 Å². The third kappa shape index (κ3) is 5.07. The van der Waals surface area contributed by atoms with E-state index in [1.54, 1.807) is 7.05 Å². The second-order valence-corrected chi connectivity index (χ2v) is 5.24. The minimum Gasteiger partial charge on any atom is -0.313 e. The van der Waals surface area contributed by atoms with Crippen molar-refractivity contribution in [1.82, 2.24) is 5.32 Å². The van der Waals surface area contributed by atoms with Crippen molar-refractivity contribution in [2.24, 2.45) is 0 Å². The Balaban J connectivity index is 2.61. The second-order valence-electron chi connectivity index (χ2n) is 4.83. The molecular formula is C15H22ClF2N. The maximum atomic E-state index is 13.8. The molecule has 0 aliphatic heterocycles. The van der Waals surface area contributed by atoms with E-state index in [1.165, 1.54) is 25.3 Å². The molecule has 1 nitrogen and oxygen atoms in total. The predicted molar refractivity (Wildman–Crippen MR) is 76.5 cm³/mol. The zero-order chi connectivity index (χ0) is 14.3. The molecule has 0 amide bonds. The van der Waals surface area contributed by atoms with E-state index < -0.39 is 11.6 Å². The molecule has 4 heteroatoms.